The highest BCUT2D eigenvalue weighted by atomic mass is 127. The number of hydrogen-bond acceptors (Lipinski definition) is 2. The van der Waals surface area contributed by atoms with Gasteiger partial charge in [0.15, 0.2) is 0 Å². The average molecular weight is 461 g/mol. The van der Waals surface area contributed by atoms with Crippen molar-refractivity contribution in [2.45, 2.75) is 39.0 Å². The minimum atomic E-state index is -0.277. The fraction of sp³-hybridized carbons (Fsp3) is 0.318. The molecule has 0 fully saturated rings. The van der Waals surface area contributed by atoms with E-state index in [1.807, 2.05) is 48.2 Å². The van der Waals surface area contributed by atoms with E-state index in [1.165, 1.54) is 0 Å². The molecule has 136 valence electrons. The van der Waals surface area contributed by atoms with Crippen LogP contribution in [0.5, 0.6) is 0 Å². The Bertz CT molecular complexity index is 747. The topological polar surface area (TPSA) is 29.5 Å². The third-order valence-electron chi connectivity index (χ3n) is 4.64. The molecule has 0 bridgehead atoms. The van der Waals surface area contributed by atoms with Crippen molar-refractivity contribution < 1.29 is 9.53 Å². The highest BCUT2D eigenvalue weighted by molar-refractivity contribution is 14.1. The molecule has 0 saturated carbocycles. The van der Waals surface area contributed by atoms with Crippen LogP contribution in [-0.4, -0.2) is 20.8 Å². The van der Waals surface area contributed by atoms with Gasteiger partial charge in [0.05, 0.1) is 5.57 Å². The number of allylic oxidation sites excluding steroid dienone is 1. The van der Waals surface area contributed by atoms with E-state index < -0.39 is 0 Å². The minimum Gasteiger partial charge on any atom is -0.491 e. The number of carbonyl (C=O) groups is 1. The first-order chi connectivity index (χ1) is 12.5. The van der Waals surface area contributed by atoms with Gasteiger partial charge in [0.2, 0.25) is 0 Å². The largest absolute Gasteiger partial charge is 0.491 e. The first-order valence-corrected chi connectivity index (χ1v) is 10.4. The molecule has 3 nitrogen and oxygen atoms in total. The SMILES string of the molecule is CC1=C(C(=O)N(Cc2ccccc2)Cc2ccccc2)CC(C)(CI)O1. The van der Waals surface area contributed by atoms with E-state index in [9.17, 15) is 4.79 Å². The number of rotatable bonds is 6. The number of amides is 1. The zero-order valence-electron chi connectivity index (χ0n) is 15.2. The van der Waals surface area contributed by atoms with E-state index in [4.69, 9.17) is 4.74 Å². The average Bonchev–Trinajstić information content (AvgIpc) is 2.97. The standard InChI is InChI=1S/C22H24INO2/c1-17-20(13-22(2,16-23)26-17)21(25)24(14-18-9-5-3-6-10-18)15-19-11-7-4-8-12-19/h3-12H,13-16H2,1-2H3. The van der Waals surface area contributed by atoms with Crippen LogP contribution in [0.25, 0.3) is 0 Å². The summed E-state index contributed by atoms with van der Waals surface area (Å²) < 4.78 is 6.86. The Hall–Kier alpha value is -1.82. The molecular formula is C22H24INO2. The maximum Gasteiger partial charge on any atom is 0.253 e. The van der Waals surface area contributed by atoms with Crippen molar-refractivity contribution in [3.8, 4) is 0 Å². The molecule has 2 aromatic rings. The molecule has 1 aliphatic heterocycles. The molecule has 0 aromatic heterocycles. The summed E-state index contributed by atoms with van der Waals surface area (Å²) in [5, 5.41) is 0. The number of carbonyl (C=O) groups excluding carboxylic acids is 1. The summed E-state index contributed by atoms with van der Waals surface area (Å²) in [6.07, 6.45) is 0.667. The number of benzene rings is 2. The van der Waals surface area contributed by atoms with Crippen LogP contribution < -0.4 is 0 Å². The predicted octanol–water partition coefficient (Wildman–Crippen LogP) is 5.10. The van der Waals surface area contributed by atoms with Crippen LogP contribution in [0, 0.1) is 0 Å². The lowest BCUT2D eigenvalue weighted by Crippen LogP contribution is -2.33. The highest BCUT2D eigenvalue weighted by Crippen LogP contribution is 2.36. The summed E-state index contributed by atoms with van der Waals surface area (Å²) in [6.45, 7) is 5.16. The predicted molar refractivity (Wildman–Crippen MR) is 113 cm³/mol. The molecule has 0 radical (unpaired) electrons. The van der Waals surface area contributed by atoms with Gasteiger partial charge in [0.25, 0.3) is 5.91 Å². The molecule has 1 unspecified atom stereocenters. The van der Waals surface area contributed by atoms with E-state index in [0.29, 0.717) is 19.5 Å². The number of alkyl halides is 1. The summed E-state index contributed by atoms with van der Waals surface area (Å²) in [5.74, 6) is 0.837. The maximum absolute atomic E-state index is 13.4. The summed E-state index contributed by atoms with van der Waals surface area (Å²) in [4.78, 5) is 15.3. The minimum absolute atomic E-state index is 0.0729. The van der Waals surface area contributed by atoms with Gasteiger partial charge in [-0.2, -0.15) is 0 Å². The fourth-order valence-corrected chi connectivity index (χ4v) is 3.69. The number of ether oxygens (including phenoxy) is 1. The van der Waals surface area contributed by atoms with Gasteiger partial charge < -0.3 is 9.64 Å². The maximum atomic E-state index is 13.4. The van der Waals surface area contributed by atoms with Gasteiger partial charge in [-0.1, -0.05) is 83.3 Å². The van der Waals surface area contributed by atoms with Crippen LogP contribution in [0.15, 0.2) is 72.0 Å². The van der Waals surface area contributed by atoms with Crippen molar-refractivity contribution in [2.24, 2.45) is 0 Å². The second-order valence-corrected chi connectivity index (χ2v) is 7.79. The Balaban J connectivity index is 1.85. The van der Waals surface area contributed by atoms with Crippen LogP contribution in [0.2, 0.25) is 0 Å². The van der Waals surface area contributed by atoms with E-state index >= 15 is 0 Å². The molecule has 0 saturated heterocycles. The Labute approximate surface area is 169 Å². The van der Waals surface area contributed by atoms with Gasteiger partial charge in [0, 0.05) is 23.9 Å². The number of halogens is 1. The second kappa shape index (κ2) is 8.25. The summed E-state index contributed by atoms with van der Waals surface area (Å²) >= 11 is 2.33. The Morgan fingerprint density at radius 2 is 1.54 bits per heavy atom. The first-order valence-electron chi connectivity index (χ1n) is 8.82. The normalized spacial score (nSPS) is 19.3. The van der Waals surface area contributed by atoms with Crippen LogP contribution in [0.1, 0.15) is 31.4 Å². The van der Waals surface area contributed by atoms with E-state index in [2.05, 4.69) is 53.8 Å². The first kappa shape index (κ1) is 19.0. The van der Waals surface area contributed by atoms with Crippen molar-refractivity contribution in [3.63, 3.8) is 0 Å². The molecular weight excluding hydrogens is 437 g/mol. The zero-order valence-corrected chi connectivity index (χ0v) is 17.4. The van der Waals surface area contributed by atoms with Gasteiger partial charge in [0.1, 0.15) is 11.4 Å². The molecule has 26 heavy (non-hydrogen) atoms. The molecule has 1 heterocycles. The van der Waals surface area contributed by atoms with Crippen molar-refractivity contribution in [1.29, 1.82) is 0 Å². The Kier molecular flexibility index (Phi) is 6.01. The molecule has 4 heteroatoms. The van der Waals surface area contributed by atoms with Crippen molar-refractivity contribution >= 4 is 28.5 Å². The lowest BCUT2D eigenvalue weighted by Gasteiger charge is -2.24. The number of hydrogen-bond donors (Lipinski definition) is 0. The Morgan fingerprint density at radius 1 is 1.04 bits per heavy atom. The second-order valence-electron chi connectivity index (χ2n) is 7.03. The van der Waals surface area contributed by atoms with Crippen LogP contribution in [-0.2, 0) is 22.6 Å². The smallest absolute Gasteiger partial charge is 0.253 e. The Morgan fingerprint density at radius 3 is 1.96 bits per heavy atom. The molecule has 1 aliphatic rings. The molecule has 1 atom stereocenters. The molecule has 2 aromatic carbocycles. The summed E-state index contributed by atoms with van der Waals surface area (Å²) in [7, 11) is 0. The third-order valence-corrected chi connectivity index (χ3v) is 6.25. The zero-order chi connectivity index (χ0) is 18.6. The summed E-state index contributed by atoms with van der Waals surface area (Å²) in [6, 6.07) is 20.3. The third kappa shape index (κ3) is 4.47. The quantitative estimate of drug-likeness (QED) is 0.443. The summed E-state index contributed by atoms with van der Waals surface area (Å²) in [5.41, 5.74) is 2.79. The van der Waals surface area contributed by atoms with Crippen molar-refractivity contribution in [3.05, 3.63) is 83.1 Å². The van der Waals surface area contributed by atoms with Gasteiger partial charge in [-0.05, 0) is 25.0 Å². The van der Waals surface area contributed by atoms with Gasteiger partial charge in [-0.3, -0.25) is 4.79 Å². The van der Waals surface area contributed by atoms with Gasteiger partial charge in [-0.25, -0.2) is 0 Å². The van der Waals surface area contributed by atoms with Crippen molar-refractivity contribution in [1.82, 2.24) is 4.90 Å². The molecule has 0 N–H and O–H groups in total. The number of nitrogens with zero attached hydrogens (tertiary/aromatic N) is 1. The highest BCUT2D eigenvalue weighted by Gasteiger charge is 2.38. The molecule has 1 amide bonds. The molecule has 0 spiro atoms. The lowest BCUT2D eigenvalue weighted by molar-refractivity contribution is -0.128. The fourth-order valence-electron chi connectivity index (χ4n) is 3.26. The lowest BCUT2D eigenvalue weighted by atomic mass is 9.99. The molecule has 0 aliphatic carbocycles. The van der Waals surface area contributed by atoms with E-state index in [0.717, 1.165) is 26.9 Å². The monoisotopic (exact) mass is 461 g/mol. The van der Waals surface area contributed by atoms with Gasteiger partial charge in [-0.15, -0.1) is 0 Å². The van der Waals surface area contributed by atoms with Gasteiger partial charge >= 0.3 is 0 Å². The van der Waals surface area contributed by atoms with E-state index in [1.54, 1.807) is 0 Å². The van der Waals surface area contributed by atoms with E-state index in [-0.39, 0.29) is 11.5 Å². The van der Waals surface area contributed by atoms with Crippen LogP contribution >= 0.6 is 22.6 Å². The van der Waals surface area contributed by atoms with Crippen LogP contribution in [0.4, 0.5) is 0 Å². The molecule has 3 rings (SSSR count). The van der Waals surface area contributed by atoms with Crippen LogP contribution in [0.3, 0.4) is 0 Å². The van der Waals surface area contributed by atoms with Crippen molar-refractivity contribution in [2.75, 3.05) is 4.43 Å².